The van der Waals surface area contributed by atoms with Crippen LogP contribution in [0.3, 0.4) is 0 Å². The maximum absolute atomic E-state index is 12.3. The van der Waals surface area contributed by atoms with Crippen LogP contribution in [0.1, 0.15) is 28.0 Å². The molecular weight excluding hydrogens is 252 g/mol. The summed E-state index contributed by atoms with van der Waals surface area (Å²) in [5, 5.41) is 7.16. The Kier molecular flexibility index (Phi) is 4.53. The van der Waals surface area contributed by atoms with Crippen LogP contribution in [-0.2, 0) is 6.54 Å². The van der Waals surface area contributed by atoms with Gasteiger partial charge in [-0.15, -0.1) is 0 Å². The van der Waals surface area contributed by atoms with Crippen LogP contribution in [-0.4, -0.2) is 22.2 Å². The maximum Gasteiger partial charge on any atom is 0.259 e. The third-order valence-corrected chi connectivity index (χ3v) is 3.32. The molecule has 1 amide bonds. The van der Waals surface area contributed by atoms with Crippen LogP contribution in [0.2, 0.25) is 0 Å². The first kappa shape index (κ1) is 14.3. The van der Waals surface area contributed by atoms with Crippen LogP contribution in [0.4, 0.5) is 5.69 Å². The molecule has 0 aliphatic rings. The molecule has 2 rings (SSSR count). The minimum Gasteiger partial charge on any atom is -0.330 e. The Morgan fingerprint density at radius 3 is 2.80 bits per heavy atom. The Hall–Kier alpha value is -2.14. The zero-order chi connectivity index (χ0) is 14.5. The molecule has 0 saturated carbocycles. The summed E-state index contributed by atoms with van der Waals surface area (Å²) in [6, 6.07) is 7.70. The van der Waals surface area contributed by atoms with Crippen molar-refractivity contribution in [2.24, 2.45) is 5.73 Å². The number of amides is 1. The second-order valence-corrected chi connectivity index (χ2v) is 4.78. The number of anilines is 1. The zero-order valence-electron chi connectivity index (χ0n) is 11.9. The molecule has 0 bridgehead atoms. The Morgan fingerprint density at radius 2 is 2.10 bits per heavy atom. The normalized spacial score (nSPS) is 10.6. The van der Waals surface area contributed by atoms with Crippen LogP contribution in [0.15, 0.2) is 30.5 Å². The lowest BCUT2D eigenvalue weighted by Gasteiger charge is -2.08. The largest absolute Gasteiger partial charge is 0.330 e. The number of hydrogen-bond donors (Lipinski definition) is 2. The number of benzene rings is 1. The van der Waals surface area contributed by atoms with Gasteiger partial charge in [0.25, 0.3) is 5.91 Å². The van der Waals surface area contributed by atoms with Gasteiger partial charge in [-0.3, -0.25) is 9.48 Å². The van der Waals surface area contributed by atoms with E-state index in [4.69, 9.17) is 5.73 Å². The van der Waals surface area contributed by atoms with Gasteiger partial charge in [0.1, 0.15) is 0 Å². The van der Waals surface area contributed by atoms with E-state index in [9.17, 15) is 4.79 Å². The first-order valence-electron chi connectivity index (χ1n) is 6.73. The summed E-state index contributed by atoms with van der Waals surface area (Å²) in [4.78, 5) is 12.3. The Bertz CT molecular complexity index is 604. The van der Waals surface area contributed by atoms with Gasteiger partial charge in [0.2, 0.25) is 0 Å². The average Bonchev–Trinajstić information content (AvgIpc) is 2.80. The molecule has 0 unspecified atom stereocenters. The highest BCUT2D eigenvalue weighted by atomic mass is 16.1. The number of aryl methyl sites for hydroxylation is 2. The van der Waals surface area contributed by atoms with Crippen LogP contribution in [0.25, 0.3) is 0 Å². The quantitative estimate of drug-likeness (QED) is 0.875. The predicted octanol–water partition coefficient (Wildman–Crippen LogP) is 2.10. The molecule has 5 heteroatoms. The molecule has 0 saturated heterocycles. The van der Waals surface area contributed by atoms with E-state index >= 15 is 0 Å². The summed E-state index contributed by atoms with van der Waals surface area (Å²) in [5.74, 6) is -0.129. The molecule has 1 aromatic carbocycles. The monoisotopic (exact) mass is 272 g/mol. The van der Waals surface area contributed by atoms with E-state index in [1.807, 2.05) is 42.8 Å². The summed E-state index contributed by atoms with van der Waals surface area (Å²) in [6.07, 6.45) is 2.46. The zero-order valence-corrected chi connectivity index (χ0v) is 11.9. The molecule has 0 spiro atoms. The number of hydrogen-bond acceptors (Lipinski definition) is 3. The standard InChI is InChI=1S/C15H20N4O/c1-11-6-3-4-7-14(11)18-15(20)13-10-17-19(12(13)2)9-5-8-16/h3-4,6-7,10H,5,8-9,16H2,1-2H3,(H,18,20). The topological polar surface area (TPSA) is 72.9 Å². The number of nitrogens with one attached hydrogen (secondary N) is 1. The Labute approximate surface area is 118 Å². The number of nitrogens with zero attached hydrogens (tertiary/aromatic N) is 2. The molecule has 1 heterocycles. The molecule has 0 fully saturated rings. The van der Waals surface area contributed by atoms with Crippen LogP contribution >= 0.6 is 0 Å². The molecule has 3 N–H and O–H groups in total. The minimum absolute atomic E-state index is 0.129. The summed E-state index contributed by atoms with van der Waals surface area (Å²) in [7, 11) is 0. The first-order chi connectivity index (χ1) is 9.63. The SMILES string of the molecule is Cc1ccccc1NC(=O)c1cnn(CCCN)c1C. The van der Waals surface area contributed by atoms with E-state index in [-0.39, 0.29) is 5.91 Å². The minimum atomic E-state index is -0.129. The number of nitrogens with two attached hydrogens (primary N) is 1. The van der Waals surface area contributed by atoms with Crippen LogP contribution < -0.4 is 11.1 Å². The van der Waals surface area contributed by atoms with Crippen molar-refractivity contribution in [2.75, 3.05) is 11.9 Å². The molecule has 0 atom stereocenters. The number of carbonyl (C=O) groups excluding carboxylic acids is 1. The maximum atomic E-state index is 12.3. The van der Waals surface area contributed by atoms with Gasteiger partial charge in [-0.25, -0.2) is 0 Å². The average molecular weight is 272 g/mol. The van der Waals surface area contributed by atoms with Crippen molar-refractivity contribution in [1.29, 1.82) is 0 Å². The fourth-order valence-corrected chi connectivity index (χ4v) is 2.04. The van der Waals surface area contributed by atoms with Crippen molar-refractivity contribution in [3.63, 3.8) is 0 Å². The van der Waals surface area contributed by atoms with E-state index in [2.05, 4.69) is 10.4 Å². The first-order valence-corrected chi connectivity index (χ1v) is 6.73. The summed E-state index contributed by atoms with van der Waals surface area (Å²) in [5.41, 5.74) is 8.82. The van der Waals surface area contributed by atoms with Crippen LogP contribution in [0.5, 0.6) is 0 Å². The summed E-state index contributed by atoms with van der Waals surface area (Å²) < 4.78 is 1.82. The Balaban J connectivity index is 2.14. The third kappa shape index (κ3) is 3.05. The van der Waals surface area contributed by atoms with Gasteiger partial charge in [0.05, 0.1) is 11.8 Å². The third-order valence-electron chi connectivity index (χ3n) is 3.32. The second kappa shape index (κ2) is 6.34. The van der Waals surface area contributed by atoms with Gasteiger partial charge in [-0.2, -0.15) is 5.10 Å². The molecule has 5 nitrogen and oxygen atoms in total. The van der Waals surface area contributed by atoms with Crippen molar-refractivity contribution in [3.05, 3.63) is 47.3 Å². The highest BCUT2D eigenvalue weighted by molar-refractivity contribution is 6.05. The summed E-state index contributed by atoms with van der Waals surface area (Å²) in [6.45, 7) is 5.22. The van der Waals surface area contributed by atoms with Gasteiger partial charge in [-0.1, -0.05) is 18.2 Å². The molecule has 0 aliphatic heterocycles. The molecule has 2 aromatic rings. The second-order valence-electron chi connectivity index (χ2n) is 4.78. The Morgan fingerprint density at radius 1 is 1.35 bits per heavy atom. The number of carbonyl (C=O) groups is 1. The molecule has 1 aromatic heterocycles. The van der Waals surface area contributed by atoms with E-state index in [0.717, 1.165) is 29.9 Å². The van der Waals surface area contributed by atoms with E-state index in [1.165, 1.54) is 0 Å². The fraction of sp³-hybridized carbons (Fsp3) is 0.333. The lowest BCUT2D eigenvalue weighted by molar-refractivity contribution is 0.102. The molecule has 0 aliphatic carbocycles. The van der Waals surface area contributed by atoms with Crippen molar-refractivity contribution in [2.45, 2.75) is 26.8 Å². The van der Waals surface area contributed by atoms with Gasteiger partial charge >= 0.3 is 0 Å². The lowest BCUT2D eigenvalue weighted by atomic mass is 10.2. The van der Waals surface area contributed by atoms with E-state index < -0.39 is 0 Å². The van der Waals surface area contributed by atoms with Gasteiger partial charge in [-0.05, 0) is 38.4 Å². The van der Waals surface area contributed by atoms with Gasteiger partial charge in [0.15, 0.2) is 0 Å². The molecule has 106 valence electrons. The lowest BCUT2D eigenvalue weighted by Crippen LogP contribution is -2.14. The smallest absolute Gasteiger partial charge is 0.259 e. The van der Waals surface area contributed by atoms with Crippen LogP contribution in [0, 0.1) is 13.8 Å². The van der Waals surface area contributed by atoms with E-state index in [0.29, 0.717) is 12.1 Å². The highest BCUT2D eigenvalue weighted by Crippen LogP contribution is 2.16. The predicted molar refractivity (Wildman–Crippen MR) is 79.8 cm³/mol. The summed E-state index contributed by atoms with van der Waals surface area (Å²) >= 11 is 0. The fourth-order valence-electron chi connectivity index (χ4n) is 2.04. The van der Waals surface area contributed by atoms with Gasteiger partial charge in [0, 0.05) is 17.9 Å². The van der Waals surface area contributed by atoms with E-state index in [1.54, 1.807) is 6.20 Å². The van der Waals surface area contributed by atoms with Crippen molar-refractivity contribution < 1.29 is 4.79 Å². The number of aromatic nitrogens is 2. The molecule has 20 heavy (non-hydrogen) atoms. The van der Waals surface area contributed by atoms with Crippen molar-refractivity contribution >= 4 is 11.6 Å². The van der Waals surface area contributed by atoms with Crippen molar-refractivity contribution in [3.8, 4) is 0 Å². The molecular formula is C15H20N4O. The number of para-hydroxylation sites is 1. The highest BCUT2D eigenvalue weighted by Gasteiger charge is 2.14. The molecule has 0 radical (unpaired) electrons. The number of rotatable bonds is 5. The van der Waals surface area contributed by atoms with Crippen molar-refractivity contribution in [1.82, 2.24) is 9.78 Å². The van der Waals surface area contributed by atoms with Gasteiger partial charge < -0.3 is 11.1 Å².